The van der Waals surface area contributed by atoms with Crippen molar-refractivity contribution >= 4 is 34.1 Å². The minimum Gasteiger partial charge on any atom is -0.366 e. The van der Waals surface area contributed by atoms with Crippen molar-refractivity contribution in [3.05, 3.63) is 54.9 Å². The van der Waals surface area contributed by atoms with Crippen LogP contribution in [0.5, 0.6) is 0 Å². The normalized spacial score (nSPS) is 10.4. The summed E-state index contributed by atoms with van der Waals surface area (Å²) in [6.07, 6.45) is 1.84. The summed E-state index contributed by atoms with van der Waals surface area (Å²) in [5.41, 5.74) is 4.11. The number of rotatable bonds is 2. The van der Waals surface area contributed by atoms with Gasteiger partial charge in [-0.3, -0.25) is 4.57 Å². The second-order valence-electron chi connectivity index (χ2n) is 4.35. The Bertz CT molecular complexity index is 746. The Morgan fingerprint density at radius 3 is 2.60 bits per heavy atom. The van der Waals surface area contributed by atoms with E-state index in [-0.39, 0.29) is 0 Å². The Kier molecular flexibility index (Phi) is 3.35. The molecule has 0 aliphatic heterocycles. The van der Waals surface area contributed by atoms with Gasteiger partial charge in [0.25, 0.3) is 0 Å². The van der Waals surface area contributed by atoms with Crippen molar-refractivity contribution in [2.75, 3.05) is 12.4 Å². The van der Waals surface area contributed by atoms with Gasteiger partial charge in [-0.25, -0.2) is 4.98 Å². The minimum absolute atomic E-state index is 0.603. The Morgan fingerprint density at radius 1 is 1.10 bits per heavy atom. The third-order valence-corrected chi connectivity index (χ3v) is 3.39. The van der Waals surface area contributed by atoms with Crippen molar-refractivity contribution in [3.63, 3.8) is 0 Å². The number of para-hydroxylation sites is 2. The fourth-order valence-electron chi connectivity index (χ4n) is 2.06. The van der Waals surface area contributed by atoms with E-state index in [1.807, 2.05) is 48.8 Å². The molecular formula is C15H14N4S. The molecule has 0 bridgehead atoms. The van der Waals surface area contributed by atoms with Gasteiger partial charge < -0.3 is 10.6 Å². The zero-order valence-electron chi connectivity index (χ0n) is 11.0. The third kappa shape index (κ3) is 2.35. The van der Waals surface area contributed by atoms with E-state index < -0.39 is 0 Å². The number of aromatic nitrogens is 2. The highest BCUT2D eigenvalue weighted by atomic mass is 32.1. The molecule has 0 fully saturated rings. The molecule has 0 unspecified atom stereocenters. The van der Waals surface area contributed by atoms with Crippen molar-refractivity contribution in [2.24, 2.45) is 0 Å². The average Bonchev–Trinajstić information content (AvgIpc) is 2.92. The molecular weight excluding hydrogens is 268 g/mol. The summed E-state index contributed by atoms with van der Waals surface area (Å²) in [7, 11) is 1.79. The van der Waals surface area contributed by atoms with Gasteiger partial charge in [0.15, 0.2) is 5.11 Å². The summed E-state index contributed by atoms with van der Waals surface area (Å²) < 4.78 is 2.06. The highest BCUT2D eigenvalue weighted by Gasteiger charge is 2.03. The molecule has 0 saturated heterocycles. The molecule has 3 rings (SSSR count). The maximum Gasteiger partial charge on any atom is 0.170 e. The van der Waals surface area contributed by atoms with Gasteiger partial charge in [-0.1, -0.05) is 12.1 Å². The number of nitrogens with one attached hydrogen (secondary N) is 2. The number of thiocarbonyl (C=S) groups is 1. The molecule has 0 aliphatic carbocycles. The molecule has 4 nitrogen and oxygen atoms in total. The van der Waals surface area contributed by atoms with E-state index in [1.54, 1.807) is 7.05 Å². The first-order chi connectivity index (χ1) is 9.78. The molecule has 0 radical (unpaired) electrons. The van der Waals surface area contributed by atoms with Crippen molar-refractivity contribution in [1.29, 1.82) is 0 Å². The third-order valence-electron chi connectivity index (χ3n) is 3.08. The van der Waals surface area contributed by atoms with E-state index in [4.69, 9.17) is 12.2 Å². The molecule has 0 aliphatic rings. The van der Waals surface area contributed by atoms with E-state index in [2.05, 4.69) is 26.3 Å². The zero-order chi connectivity index (χ0) is 13.9. The highest BCUT2D eigenvalue weighted by molar-refractivity contribution is 7.80. The van der Waals surface area contributed by atoms with Crippen LogP contribution in [0.4, 0.5) is 5.69 Å². The van der Waals surface area contributed by atoms with Gasteiger partial charge in [0.2, 0.25) is 0 Å². The quantitative estimate of drug-likeness (QED) is 0.709. The lowest BCUT2D eigenvalue weighted by Gasteiger charge is -2.09. The molecule has 20 heavy (non-hydrogen) atoms. The number of benzene rings is 2. The van der Waals surface area contributed by atoms with E-state index in [1.165, 1.54) is 0 Å². The minimum atomic E-state index is 0.603. The summed E-state index contributed by atoms with van der Waals surface area (Å²) in [6, 6.07) is 16.1. The molecule has 0 atom stereocenters. The van der Waals surface area contributed by atoms with Crippen LogP contribution in [0.15, 0.2) is 54.9 Å². The number of nitrogens with zero attached hydrogens (tertiary/aromatic N) is 2. The van der Waals surface area contributed by atoms with Gasteiger partial charge in [-0.2, -0.15) is 0 Å². The average molecular weight is 282 g/mol. The SMILES string of the molecule is CNC(=S)Nc1ccc(-n2cnc3ccccc32)cc1. The van der Waals surface area contributed by atoms with Crippen molar-refractivity contribution in [3.8, 4) is 5.69 Å². The largest absolute Gasteiger partial charge is 0.366 e. The number of fused-ring (bicyclic) bond motifs is 1. The zero-order valence-corrected chi connectivity index (χ0v) is 11.8. The van der Waals surface area contributed by atoms with Crippen molar-refractivity contribution in [2.45, 2.75) is 0 Å². The van der Waals surface area contributed by atoms with Crippen LogP contribution in [0.25, 0.3) is 16.7 Å². The van der Waals surface area contributed by atoms with Crippen LogP contribution >= 0.6 is 12.2 Å². The first-order valence-corrected chi connectivity index (χ1v) is 6.70. The molecule has 2 N–H and O–H groups in total. The van der Waals surface area contributed by atoms with Crippen LogP contribution < -0.4 is 10.6 Å². The Labute approximate surface area is 122 Å². The predicted molar refractivity (Wildman–Crippen MR) is 86.4 cm³/mol. The van der Waals surface area contributed by atoms with Crippen LogP contribution in [-0.2, 0) is 0 Å². The van der Waals surface area contributed by atoms with Gasteiger partial charge in [0, 0.05) is 18.4 Å². The predicted octanol–water partition coefficient (Wildman–Crippen LogP) is 2.94. The molecule has 0 spiro atoms. The molecule has 100 valence electrons. The van der Waals surface area contributed by atoms with E-state index in [0.717, 1.165) is 22.4 Å². The Hall–Kier alpha value is -2.40. The van der Waals surface area contributed by atoms with Gasteiger partial charge in [0.1, 0.15) is 6.33 Å². The van der Waals surface area contributed by atoms with Crippen LogP contribution in [0.2, 0.25) is 0 Å². The van der Waals surface area contributed by atoms with Crippen LogP contribution in [0.1, 0.15) is 0 Å². The number of hydrogen-bond donors (Lipinski definition) is 2. The van der Waals surface area contributed by atoms with Gasteiger partial charge in [-0.15, -0.1) is 0 Å². The lowest BCUT2D eigenvalue weighted by Crippen LogP contribution is -2.23. The molecule has 0 amide bonds. The molecule has 3 aromatic rings. The molecule has 5 heteroatoms. The first kappa shape index (κ1) is 12.6. The standard InChI is InChI=1S/C15H14N4S/c1-16-15(20)18-11-6-8-12(9-7-11)19-10-17-13-4-2-3-5-14(13)19/h2-10H,1H3,(H2,16,18,20). The maximum absolute atomic E-state index is 5.08. The lowest BCUT2D eigenvalue weighted by molar-refractivity contribution is 1.09. The first-order valence-electron chi connectivity index (χ1n) is 6.29. The number of anilines is 1. The van der Waals surface area contributed by atoms with Gasteiger partial charge in [0.05, 0.1) is 11.0 Å². The van der Waals surface area contributed by atoms with Crippen molar-refractivity contribution < 1.29 is 0 Å². The fraction of sp³-hybridized carbons (Fsp3) is 0.0667. The molecule has 1 heterocycles. The second-order valence-corrected chi connectivity index (χ2v) is 4.76. The second kappa shape index (κ2) is 5.30. The molecule has 0 saturated carbocycles. The van der Waals surface area contributed by atoms with Gasteiger partial charge >= 0.3 is 0 Å². The van der Waals surface area contributed by atoms with Crippen molar-refractivity contribution in [1.82, 2.24) is 14.9 Å². The van der Waals surface area contributed by atoms with Crippen LogP contribution in [-0.4, -0.2) is 21.7 Å². The monoisotopic (exact) mass is 282 g/mol. The van der Waals surface area contributed by atoms with Crippen LogP contribution in [0.3, 0.4) is 0 Å². The van der Waals surface area contributed by atoms with E-state index >= 15 is 0 Å². The molecule has 1 aromatic heterocycles. The summed E-state index contributed by atoms with van der Waals surface area (Å²) in [5, 5.41) is 6.58. The number of imidazole rings is 1. The smallest absolute Gasteiger partial charge is 0.170 e. The van der Waals surface area contributed by atoms with E-state index in [9.17, 15) is 0 Å². The lowest BCUT2D eigenvalue weighted by atomic mass is 10.2. The summed E-state index contributed by atoms with van der Waals surface area (Å²) in [5.74, 6) is 0. The van der Waals surface area contributed by atoms with E-state index in [0.29, 0.717) is 5.11 Å². The summed E-state index contributed by atoms with van der Waals surface area (Å²) >= 11 is 5.08. The Balaban J connectivity index is 1.93. The van der Waals surface area contributed by atoms with Gasteiger partial charge in [-0.05, 0) is 48.6 Å². The summed E-state index contributed by atoms with van der Waals surface area (Å²) in [6.45, 7) is 0. The summed E-state index contributed by atoms with van der Waals surface area (Å²) in [4.78, 5) is 4.40. The maximum atomic E-state index is 5.08. The molecule has 2 aromatic carbocycles. The topological polar surface area (TPSA) is 41.9 Å². The van der Waals surface area contributed by atoms with Crippen LogP contribution in [0, 0.1) is 0 Å². The highest BCUT2D eigenvalue weighted by Crippen LogP contribution is 2.19. The Morgan fingerprint density at radius 2 is 1.85 bits per heavy atom. The number of hydrogen-bond acceptors (Lipinski definition) is 2. The fourth-order valence-corrected chi connectivity index (χ4v) is 2.18.